The molecule has 1 unspecified atom stereocenters. The number of para-hydroxylation sites is 1. The van der Waals surface area contributed by atoms with Crippen LogP contribution in [0.5, 0.6) is 0 Å². The van der Waals surface area contributed by atoms with E-state index in [4.69, 9.17) is 12.2 Å². The molecule has 0 bridgehead atoms. The molecule has 0 saturated carbocycles. The number of anilines is 3. The lowest BCUT2D eigenvalue weighted by Crippen LogP contribution is -2.23. The van der Waals surface area contributed by atoms with E-state index in [1.807, 2.05) is 54.6 Å². The Bertz CT molecular complexity index is 1030. The maximum Gasteiger partial charge on any atom is 0.237 e. The third kappa shape index (κ3) is 6.55. The monoisotopic (exact) mass is 503 g/mol. The molecule has 0 fully saturated rings. The van der Waals surface area contributed by atoms with Crippen LogP contribution in [0.3, 0.4) is 0 Å². The lowest BCUT2D eigenvalue weighted by molar-refractivity contribution is -0.115. The molecule has 3 aromatic carbocycles. The Hall–Kier alpha value is -2.42. The number of thiocarbonyl (C=S) groups is 1. The molecule has 154 valence electrons. The first-order valence-corrected chi connectivity index (χ1v) is 11.1. The summed E-state index contributed by atoms with van der Waals surface area (Å²) >= 11 is 9.91. The molecule has 3 aromatic rings. The van der Waals surface area contributed by atoms with E-state index in [1.165, 1.54) is 23.9 Å². The zero-order chi connectivity index (χ0) is 21.5. The van der Waals surface area contributed by atoms with Crippen molar-refractivity contribution in [1.29, 1.82) is 0 Å². The summed E-state index contributed by atoms with van der Waals surface area (Å²) in [6.07, 6.45) is 0. The Kier molecular flexibility index (Phi) is 7.84. The van der Waals surface area contributed by atoms with Crippen molar-refractivity contribution in [2.75, 3.05) is 16.0 Å². The highest BCUT2D eigenvalue weighted by atomic mass is 79.9. The Morgan fingerprint density at radius 2 is 1.60 bits per heavy atom. The molecule has 30 heavy (non-hydrogen) atoms. The van der Waals surface area contributed by atoms with Gasteiger partial charge in [-0.15, -0.1) is 11.8 Å². The SMILES string of the molecule is CC(Sc1ccc(NC(=S)Nc2ccccc2)cc1)C(=O)Nc1ccc(Br)cc1F. The summed E-state index contributed by atoms with van der Waals surface area (Å²) in [6, 6.07) is 21.8. The van der Waals surface area contributed by atoms with E-state index >= 15 is 0 Å². The number of hydrogen-bond acceptors (Lipinski definition) is 3. The lowest BCUT2D eigenvalue weighted by atomic mass is 10.3. The third-order valence-electron chi connectivity index (χ3n) is 4.01. The van der Waals surface area contributed by atoms with Crippen molar-refractivity contribution in [2.24, 2.45) is 0 Å². The van der Waals surface area contributed by atoms with Gasteiger partial charge in [-0.1, -0.05) is 34.1 Å². The molecule has 0 radical (unpaired) electrons. The van der Waals surface area contributed by atoms with E-state index in [1.54, 1.807) is 13.0 Å². The van der Waals surface area contributed by atoms with Gasteiger partial charge in [0.15, 0.2) is 5.11 Å². The van der Waals surface area contributed by atoms with Gasteiger partial charge in [0.25, 0.3) is 0 Å². The molecule has 0 spiro atoms. The average Bonchev–Trinajstić information content (AvgIpc) is 2.72. The van der Waals surface area contributed by atoms with Crippen molar-refractivity contribution in [3.8, 4) is 0 Å². The maximum atomic E-state index is 13.9. The van der Waals surface area contributed by atoms with E-state index in [0.717, 1.165) is 16.3 Å². The summed E-state index contributed by atoms with van der Waals surface area (Å²) in [7, 11) is 0. The second-order valence-corrected chi connectivity index (χ2v) is 9.08. The highest BCUT2D eigenvalue weighted by Crippen LogP contribution is 2.26. The summed E-state index contributed by atoms with van der Waals surface area (Å²) < 4.78 is 14.5. The minimum atomic E-state index is -0.481. The molecule has 1 amide bonds. The minimum absolute atomic E-state index is 0.162. The van der Waals surface area contributed by atoms with E-state index < -0.39 is 11.1 Å². The highest BCUT2D eigenvalue weighted by molar-refractivity contribution is 9.10. The van der Waals surface area contributed by atoms with Crippen LogP contribution < -0.4 is 16.0 Å². The van der Waals surface area contributed by atoms with Gasteiger partial charge in [-0.3, -0.25) is 4.79 Å². The Morgan fingerprint density at radius 1 is 0.967 bits per heavy atom. The number of nitrogens with one attached hydrogen (secondary N) is 3. The Balaban J connectivity index is 1.53. The first-order valence-electron chi connectivity index (χ1n) is 9.06. The van der Waals surface area contributed by atoms with Gasteiger partial charge in [-0.05, 0) is 73.7 Å². The minimum Gasteiger partial charge on any atom is -0.332 e. The molecule has 0 heterocycles. The number of rotatable bonds is 6. The van der Waals surface area contributed by atoms with Crippen LogP contribution >= 0.6 is 39.9 Å². The molecule has 8 heteroatoms. The molecule has 0 saturated heterocycles. The summed E-state index contributed by atoms with van der Waals surface area (Å²) in [5.74, 6) is -0.748. The maximum absolute atomic E-state index is 13.9. The number of amides is 1. The van der Waals surface area contributed by atoms with Crippen molar-refractivity contribution >= 4 is 68.0 Å². The predicted molar refractivity (Wildman–Crippen MR) is 131 cm³/mol. The number of thioether (sulfide) groups is 1. The van der Waals surface area contributed by atoms with Crippen molar-refractivity contribution in [3.05, 3.63) is 83.1 Å². The highest BCUT2D eigenvalue weighted by Gasteiger charge is 2.16. The van der Waals surface area contributed by atoms with E-state index in [2.05, 4.69) is 31.9 Å². The van der Waals surface area contributed by atoms with Crippen molar-refractivity contribution in [3.63, 3.8) is 0 Å². The topological polar surface area (TPSA) is 53.2 Å². The second kappa shape index (κ2) is 10.6. The lowest BCUT2D eigenvalue weighted by Gasteiger charge is -2.14. The van der Waals surface area contributed by atoms with Crippen LogP contribution in [0.2, 0.25) is 0 Å². The predicted octanol–water partition coefficient (Wildman–Crippen LogP) is 6.52. The zero-order valence-corrected chi connectivity index (χ0v) is 19.2. The molecular weight excluding hydrogens is 485 g/mol. The van der Waals surface area contributed by atoms with Gasteiger partial charge < -0.3 is 16.0 Å². The molecule has 0 aromatic heterocycles. The average molecular weight is 504 g/mol. The first-order chi connectivity index (χ1) is 14.4. The van der Waals surface area contributed by atoms with Crippen LogP contribution in [0, 0.1) is 5.82 Å². The van der Waals surface area contributed by atoms with Gasteiger partial charge in [0, 0.05) is 20.7 Å². The number of hydrogen-bond donors (Lipinski definition) is 3. The van der Waals surface area contributed by atoms with Crippen LogP contribution in [-0.4, -0.2) is 16.3 Å². The fourth-order valence-electron chi connectivity index (χ4n) is 2.51. The zero-order valence-electron chi connectivity index (χ0n) is 16.0. The van der Waals surface area contributed by atoms with Crippen LogP contribution in [0.25, 0.3) is 0 Å². The summed E-state index contributed by atoms with van der Waals surface area (Å²) in [5, 5.41) is 8.96. The summed E-state index contributed by atoms with van der Waals surface area (Å²) in [5.41, 5.74) is 1.90. The standard InChI is InChI=1S/C22H19BrFN3OS2/c1-14(21(28)27-20-12-7-15(23)13-19(20)24)30-18-10-8-17(9-11-18)26-22(29)25-16-5-3-2-4-6-16/h2-14H,1H3,(H,27,28)(H2,25,26,29). The van der Waals surface area contributed by atoms with Gasteiger partial charge in [0.2, 0.25) is 5.91 Å². The largest absolute Gasteiger partial charge is 0.332 e. The molecule has 4 nitrogen and oxygen atoms in total. The van der Waals surface area contributed by atoms with Gasteiger partial charge >= 0.3 is 0 Å². The first kappa shape index (κ1) is 22.3. The van der Waals surface area contributed by atoms with Gasteiger partial charge in [0.05, 0.1) is 10.9 Å². The fourth-order valence-corrected chi connectivity index (χ4v) is 3.95. The molecule has 0 aliphatic carbocycles. The van der Waals surface area contributed by atoms with Crippen LogP contribution in [-0.2, 0) is 4.79 Å². The van der Waals surface area contributed by atoms with Crippen LogP contribution in [0.1, 0.15) is 6.92 Å². The van der Waals surface area contributed by atoms with Crippen LogP contribution in [0.15, 0.2) is 82.2 Å². The number of carbonyl (C=O) groups is 1. The van der Waals surface area contributed by atoms with Gasteiger partial charge in [-0.2, -0.15) is 0 Å². The van der Waals surface area contributed by atoms with Crippen molar-refractivity contribution < 1.29 is 9.18 Å². The molecule has 1 atom stereocenters. The number of benzene rings is 3. The van der Waals surface area contributed by atoms with Gasteiger partial charge in [0.1, 0.15) is 5.82 Å². The molecular formula is C22H19BrFN3OS2. The van der Waals surface area contributed by atoms with E-state index in [9.17, 15) is 9.18 Å². The van der Waals surface area contributed by atoms with Gasteiger partial charge in [-0.25, -0.2) is 4.39 Å². The van der Waals surface area contributed by atoms with E-state index in [0.29, 0.717) is 9.59 Å². The Morgan fingerprint density at radius 3 is 2.23 bits per heavy atom. The van der Waals surface area contributed by atoms with E-state index in [-0.39, 0.29) is 11.6 Å². The molecule has 0 aliphatic heterocycles. The second-order valence-electron chi connectivity index (χ2n) is 6.34. The quantitative estimate of drug-likeness (QED) is 0.264. The summed E-state index contributed by atoms with van der Waals surface area (Å²) in [6.45, 7) is 1.78. The summed E-state index contributed by atoms with van der Waals surface area (Å²) in [4.78, 5) is 13.3. The van der Waals surface area contributed by atoms with Crippen LogP contribution in [0.4, 0.5) is 21.5 Å². The smallest absolute Gasteiger partial charge is 0.237 e. The Labute approximate surface area is 192 Å². The third-order valence-corrected chi connectivity index (χ3v) is 5.82. The molecule has 3 N–H and O–H groups in total. The van der Waals surface area contributed by atoms with Crippen molar-refractivity contribution in [1.82, 2.24) is 0 Å². The fraction of sp³-hybridized carbons (Fsp3) is 0.0909. The molecule has 3 rings (SSSR count). The molecule has 0 aliphatic rings. The number of carbonyl (C=O) groups excluding carboxylic acids is 1. The van der Waals surface area contributed by atoms with Crippen molar-refractivity contribution in [2.45, 2.75) is 17.1 Å². The normalized spacial score (nSPS) is 11.4. The number of halogens is 2.